The van der Waals surface area contributed by atoms with Gasteiger partial charge in [0.05, 0.1) is 17.5 Å². The van der Waals surface area contributed by atoms with Crippen LogP contribution < -0.4 is 15.2 Å². The molecule has 0 radical (unpaired) electrons. The van der Waals surface area contributed by atoms with E-state index in [1.807, 2.05) is 0 Å². The highest BCUT2D eigenvalue weighted by atomic mass is 35.5. The fourth-order valence-electron chi connectivity index (χ4n) is 2.64. The molecule has 0 atom stereocenters. The fourth-order valence-corrected chi connectivity index (χ4v) is 3.62. The first-order valence-corrected chi connectivity index (χ1v) is 10.6. The number of halogens is 2. The molecule has 0 unspecified atom stereocenters. The molecule has 7 nitrogen and oxygen atoms in total. The van der Waals surface area contributed by atoms with E-state index in [1.165, 1.54) is 30.3 Å². The lowest BCUT2D eigenvalue weighted by Crippen LogP contribution is -2.18. The van der Waals surface area contributed by atoms with E-state index in [0.717, 1.165) is 6.20 Å². The molecule has 0 saturated carbocycles. The number of pyridine rings is 1. The Balaban J connectivity index is 1.76. The van der Waals surface area contributed by atoms with E-state index >= 15 is 0 Å². The second-order valence-electron chi connectivity index (χ2n) is 6.29. The number of nitrogens with two attached hydrogens (primary N) is 1. The van der Waals surface area contributed by atoms with Crippen LogP contribution in [0.25, 0.3) is 0 Å². The topological polar surface area (TPSA) is 111 Å². The molecule has 3 aromatic rings. The maximum absolute atomic E-state index is 12.9. The van der Waals surface area contributed by atoms with Gasteiger partial charge in [0.1, 0.15) is 12.4 Å². The minimum atomic E-state index is -4.10. The minimum absolute atomic E-state index is 0.0193. The molecule has 0 aliphatic rings. The number of sulfonamides is 1. The number of primary sulfonamides is 1. The summed E-state index contributed by atoms with van der Waals surface area (Å²) in [7, 11) is -4.10. The van der Waals surface area contributed by atoms with Crippen LogP contribution in [0.15, 0.2) is 65.7 Å². The normalized spacial score (nSPS) is 11.2. The number of ether oxygens (including phenoxy) is 1. The lowest BCUT2D eigenvalue weighted by Gasteiger charge is -2.12. The zero-order valence-electron chi connectivity index (χ0n) is 15.5. The van der Waals surface area contributed by atoms with E-state index in [1.54, 1.807) is 24.3 Å². The Morgan fingerprint density at radius 2 is 1.90 bits per heavy atom. The van der Waals surface area contributed by atoms with Gasteiger partial charge in [0.15, 0.2) is 0 Å². The summed E-state index contributed by atoms with van der Waals surface area (Å²) in [6.07, 6.45) is 0.999. The van der Waals surface area contributed by atoms with Crippen molar-refractivity contribution in [1.82, 2.24) is 4.98 Å². The van der Waals surface area contributed by atoms with Crippen molar-refractivity contribution in [2.45, 2.75) is 17.9 Å². The van der Waals surface area contributed by atoms with Gasteiger partial charge in [-0.15, -0.1) is 0 Å². The molecule has 2 aromatic carbocycles. The Hall–Kier alpha value is -3.01. The molecule has 1 amide bonds. The SMILES string of the molecule is NS(=O)(=O)c1cc(NC(=O)Cc2ccccc2Cl)ccc1COc1ccc(F)cn1. The molecule has 0 spiro atoms. The lowest BCUT2D eigenvalue weighted by molar-refractivity contribution is -0.115. The van der Waals surface area contributed by atoms with E-state index in [0.29, 0.717) is 10.6 Å². The van der Waals surface area contributed by atoms with Crippen molar-refractivity contribution < 1.29 is 22.3 Å². The zero-order valence-corrected chi connectivity index (χ0v) is 17.1. The smallest absolute Gasteiger partial charge is 0.238 e. The summed E-state index contributed by atoms with van der Waals surface area (Å²) >= 11 is 6.06. The Kier molecular flexibility index (Phi) is 6.66. The van der Waals surface area contributed by atoms with Gasteiger partial charge in [0.25, 0.3) is 0 Å². The van der Waals surface area contributed by atoms with E-state index in [9.17, 15) is 17.6 Å². The summed E-state index contributed by atoms with van der Waals surface area (Å²) in [6.45, 7) is -0.168. The molecular formula is C20H17ClFN3O4S. The molecule has 30 heavy (non-hydrogen) atoms. The molecule has 10 heteroatoms. The van der Waals surface area contributed by atoms with Gasteiger partial charge >= 0.3 is 0 Å². The van der Waals surface area contributed by atoms with E-state index in [-0.39, 0.29) is 41.0 Å². The lowest BCUT2D eigenvalue weighted by atomic mass is 10.1. The van der Waals surface area contributed by atoms with Crippen LogP contribution in [-0.4, -0.2) is 19.3 Å². The van der Waals surface area contributed by atoms with Crippen LogP contribution in [0, 0.1) is 5.82 Å². The largest absolute Gasteiger partial charge is 0.473 e. The van der Waals surface area contributed by atoms with Gasteiger partial charge < -0.3 is 10.1 Å². The molecule has 0 fully saturated rings. The van der Waals surface area contributed by atoms with Crippen molar-refractivity contribution in [3.05, 3.63) is 82.8 Å². The van der Waals surface area contributed by atoms with Crippen molar-refractivity contribution in [2.75, 3.05) is 5.32 Å². The number of rotatable bonds is 7. The molecule has 0 aliphatic carbocycles. The second kappa shape index (κ2) is 9.21. The van der Waals surface area contributed by atoms with Crippen molar-refractivity contribution in [1.29, 1.82) is 0 Å². The summed E-state index contributed by atoms with van der Waals surface area (Å²) < 4.78 is 42.3. The van der Waals surface area contributed by atoms with Crippen LogP contribution in [0.4, 0.5) is 10.1 Å². The summed E-state index contributed by atoms with van der Waals surface area (Å²) in [5, 5.41) is 8.39. The number of anilines is 1. The van der Waals surface area contributed by atoms with Crippen molar-refractivity contribution >= 4 is 33.2 Å². The molecule has 0 bridgehead atoms. The van der Waals surface area contributed by atoms with E-state index < -0.39 is 15.8 Å². The maximum Gasteiger partial charge on any atom is 0.238 e. The molecule has 0 saturated heterocycles. The van der Waals surface area contributed by atoms with Crippen molar-refractivity contribution in [2.24, 2.45) is 5.14 Å². The van der Waals surface area contributed by atoms with Crippen molar-refractivity contribution in [3.63, 3.8) is 0 Å². The van der Waals surface area contributed by atoms with Gasteiger partial charge in [-0.25, -0.2) is 22.9 Å². The number of nitrogens with one attached hydrogen (secondary N) is 1. The molecule has 0 aliphatic heterocycles. The Labute approximate surface area is 177 Å². The Morgan fingerprint density at radius 3 is 2.57 bits per heavy atom. The van der Waals surface area contributed by atoms with Gasteiger partial charge in [0.2, 0.25) is 21.8 Å². The fraction of sp³-hybridized carbons (Fsp3) is 0.100. The third-order valence-corrected chi connectivity index (χ3v) is 5.40. The molecule has 1 aromatic heterocycles. The minimum Gasteiger partial charge on any atom is -0.473 e. The Morgan fingerprint density at radius 1 is 1.13 bits per heavy atom. The van der Waals surface area contributed by atoms with Crippen LogP contribution >= 0.6 is 11.6 Å². The highest BCUT2D eigenvalue weighted by Crippen LogP contribution is 2.22. The summed E-state index contributed by atoms with van der Waals surface area (Å²) in [5.41, 5.74) is 1.15. The summed E-state index contributed by atoms with van der Waals surface area (Å²) in [5.74, 6) is -0.777. The first-order valence-electron chi connectivity index (χ1n) is 8.66. The van der Waals surface area contributed by atoms with Gasteiger partial charge in [0, 0.05) is 22.3 Å². The van der Waals surface area contributed by atoms with Gasteiger partial charge in [-0.2, -0.15) is 0 Å². The molecular weight excluding hydrogens is 433 g/mol. The number of carbonyl (C=O) groups excluding carboxylic acids is 1. The van der Waals surface area contributed by atoms with Gasteiger partial charge in [-0.1, -0.05) is 35.9 Å². The average Bonchev–Trinajstić information content (AvgIpc) is 2.69. The van der Waals surface area contributed by atoms with Gasteiger partial charge in [-0.05, 0) is 29.8 Å². The van der Waals surface area contributed by atoms with Crippen LogP contribution in [0.1, 0.15) is 11.1 Å². The number of amides is 1. The quantitative estimate of drug-likeness (QED) is 0.575. The number of aromatic nitrogens is 1. The van der Waals surface area contributed by atoms with Crippen LogP contribution in [-0.2, 0) is 27.8 Å². The molecule has 156 valence electrons. The standard InChI is InChI=1S/C20H17ClFN3O4S/c21-17-4-2-1-3-13(17)9-19(26)25-16-7-5-14(18(10-16)30(23,27)28)12-29-20-8-6-15(22)11-24-20/h1-8,10-11H,9,12H2,(H,25,26)(H2,23,27,28). The van der Waals surface area contributed by atoms with Crippen molar-refractivity contribution in [3.8, 4) is 5.88 Å². The number of hydrogen-bond acceptors (Lipinski definition) is 5. The first kappa shape index (κ1) is 21.7. The predicted molar refractivity (Wildman–Crippen MR) is 110 cm³/mol. The molecule has 3 N–H and O–H groups in total. The summed E-state index contributed by atoms with van der Waals surface area (Å²) in [6, 6.07) is 13.6. The van der Waals surface area contributed by atoms with E-state index in [2.05, 4.69) is 10.3 Å². The highest BCUT2D eigenvalue weighted by Gasteiger charge is 2.17. The molecule has 3 rings (SSSR count). The second-order valence-corrected chi connectivity index (χ2v) is 8.22. The highest BCUT2D eigenvalue weighted by molar-refractivity contribution is 7.89. The van der Waals surface area contributed by atoms with Crippen LogP contribution in [0.3, 0.4) is 0 Å². The predicted octanol–water partition coefficient (Wildman–Crippen LogP) is 3.28. The monoisotopic (exact) mass is 449 g/mol. The van der Waals surface area contributed by atoms with E-state index in [4.69, 9.17) is 21.5 Å². The van der Waals surface area contributed by atoms with Crippen LogP contribution in [0.5, 0.6) is 5.88 Å². The first-order chi connectivity index (χ1) is 14.2. The third-order valence-electron chi connectivity index (χ3n) is 4.04. The third kappa shape index (κ3) is 5.76. The number of nitrogens with zero attached hydrogens (tertiary/aromatic N) is 1. The van der Waals surface area contributed by atoms with Crippen LogP contribution in [0.2, 0.25) is 5.02 Å². The number of carbonyl (C=O) groups is 1. The number of benzene rings is 2. The summed E-state index contributed by atoms with van der Waals surface area (Å²) in [4.78, 5) is 15.8. The average molecular weight is 450 g/mol. The Bertz CT molecular complexity index is 1170. The molecule has 1 heterocycles. The van der Waals surface area contributed by atoms with Gasteiger partial charge in [-0.3, -0.25) is 4.79 Å². The number of hydrogen-bond donors (Lipinski definition) is 2. The maximum atomic E-state index is 12.9. The zero-order chi connectivity index (χ0) is 21.7.